The van der Waals surface area contributed by atoms with E-state index in [1.165, 1.54) is 13.2 Å². The zero-order valence-corrected chi connectivity index (χ0v) is 14.3. The Kier molecular flexibility index (Phi) is 7.91. The maximum Gasteiger partial charge on any atom is 0.327 e. The highest BCUT2D eigenvalue weighted by Gasteiger charge is 2.14. The highest BCUT2D eigenvalue weighted by molar-refractivity contribution is 6.35. The van der Waals surface area contributed by atoms with Crippen LogP contribution in [0.5, 0.6) is 0 Å². The molecule has 3 N–H and O–H groups in total. The van der Waals surface area contributed by atoms with Crippen LogP contribution in [0.25, 0.3) is 6.08 Å². The van der Waals surface area contributed by atoms with Crippen LogP contribution < -0.4 is 16.2 Å². The molecule has 136 valence electrons. The van der Waals surface area contributed by atoms with E-state index in [0.717, 1.165) is 6.08 Å². The van der Waals surface area contributed by atoms with Gasteiger partial charge in [-0.3, -0.25) is 30.0 Å². The lowest BCUT2D eigenvalue weighted by Gasteiger charge is -2.08. The summed E-state index contributed by atoms with van der Waals surface area (Å²) in [7, 11) is 1.31. The van der Waals surface area contributed by atoms with E-state index in [1.807, 2.05) is 5.43 Å². The van der Waals surface area contributed by atoms with E-state index in [4.69, 9.17) is 4.42 Å². The van der Waals surface area contributed by atoms with Crippen LogP contribution in [0.1, 0.15) is 31.8 Å². The van der Waals surface area contributed by atoms with E-state index in [2.05, 4.69) is 15.5 Å². The van der Waals surface area contributed by atoms with Crippen LogP contribution in [-0.2, 0) is 30.3 Å². The third-order valence-electron chi connectivity index (χ3n) is 2.81. The third kappa shape index (κ3) is 7.82. The molecule has 0 spiro atoms. The monoisotopic (exact) mass is 351 g/mol. The number of aryl methyl sites for hydroxylation is 1. The maximum atomic E-state index is 11.6. The Bertz CT molecular complexity index is 663. The van der Waals surface area contributed by atoms with Gasteiger partial charge in [0, 0.05) is 18.5 Å². The van der Waals surface area contributed by atoms with Gasteiger partial charge >= 0.3 is 17.8 Å². The number of methoxy groups -OCH3 is 1. The SMILES string of the molecule is COC(=O)CCc1ccc(/C=C/C(=O)NNC(=O)C(=O)NC(C)C)o1. The third-order valence-corrected chi connectivity index (χ3v) is 2.81. The molecule has 0 aliphatic carbocycles. The largest absolute Gasteiger partial charge is 0.469 e. The van der Waals surface area contributed by atoms with Gasteiger partial charge < -0.3 is 14.5 Å². The van der Waals surface area contributed by atoms with Gasteiger partial charge in [0.1, 0.15) is 11.5 Å². The summed E-state index contributed by atoms with van der Waals surface area (Å²) in [5.74, 6) is -1.83. The lowest BCUT2D eigenvalue weighted by molar-refractivity contribution is -0.140. The van der Waals surface area contributed by atoms with Crippen molar-refractivity contribution in [3.05, 3.63) is 29.7 Å². The Hall–Kier alpha value is -3.10. The molecule has 25 heavy (non-hydrogen) atoms. The van der Waals surface area contributed by atoms with Crippen molar-refractivity contribution in [1.29, 1.82) is 0 Å². The Labute approximate surface area is 144 Å². The molecule has 0 saturated carbocycles. The number of ether oxygens (including phenoxy) is 1. The molecule has 9 heteroatoms. The Balaban J connectivity index is 2.41. The molecule has 0 aromatic carbocycles. The van der Waals surface area contributed by atoms with Crippen molar-refractivity contribution in [3.63, 3.8) is 0 Å². The lowest BCUT2D eigenvalue weighted by Crippen LogP contribution is -2.49. The van der Waals surface area contributed by atoms with Gasteiger partial charge in [0.15, 0.2) is 0 Å². The summed E-state index contributed by atoms with van der Waals surface area (Å²) >= 11 is 0. The summed E-state index contributed by atoms with van der Waals surface area (Å²) in [6.45, 7) is 3.41. The quantitative estimate of drug-likeness (QED) is 0.288. The number of hydrogen-bond acceptors (Lipinski definition) is 6. The van der Waals surface area contributed by atoms with Gasteiger partial charge in [-0.1, -0.05) is 0 Å². The van der Waals surface area contributed by atoms with E-state index in [-0.39, 0.29) is 18.4 Å². The number of furan rings is 1. The van der Waals surface area contributed by atoms with Gasteiger partial charge in [-0.25, -0.2) is 0 Å². The van der Waals surface area contributed by atoms with Crippen molar-refractivity contribution in [2.45, 2.75) is 32.7 Å². The van der Waals surface area contributed by atoms with Crippen molar-refractivity contribution in [2.75, 3.05) is 7.11 Å². The molecule has 0 bridgehead atoms. The van der Waals surface area contributed by atoms with E-state index in [9.17, 15) is 19.2 Å². The molecule has 0 atom stereocenters. The topological polar surface area (TPSA) is 127 Å². The van der Waals surface area contributed by atoms with Crippen molar-refractivity contribution in [2.24, 2.45) is 0 Å². The zero-order valence-electron chi connectivity index (χ0n) is 14.3. The highest BCUT2D eigenvalue weighted by atomic mass is 16.5. The van der Waals surface area contributed by atoms with Gasteiger partial charge in [-0.05, 0) is 32.1 Å². The fourth-order valence-corrected chi connectivity index (χ4v) is 1.65. The first-order valence-corrected chi connectivity index (χ1v) is 7.56. The normalized spacial score (nSPS) is 10.6. The average molecular weight is 351 g/mol. The molecule has 1 aromatic heterocycles. The van der Waals surface area contributed by atoms with Crippen LogP contribution in [0.4, 0.5) is 0 Å². The van der Waals surface area contributed by atoms with Crippen molar-refractivity contribution in [3.8, 4) is 0 Å². The van der Waals surface area contributed by atoms with Crippen LogP contribution in [0.3, 0.4) is 0 Å². The fourth-order valence-electron chi connectivity index (χ4n) is 1.65. The number of esters is 1. The zero-order chi connectivity index (χ0) is 18.8. The number of nitrogens with one attached hydrogen (secondary N) is 3. The molecule has 0 saturated heterocycles. The van der Waals surface area contributed by atoms with Crippen molar-refractivity contribution >= 4 is 29.8 Å². The molecule has 0 radical (unpaired) electrons. The molecule has 0 aliphatic heterocycles. The van der Waals surface area contributed by atoms with E-state index in [1.54, 1.807) is 26.0 Å². The van der Waals surface area contributed by atoms with Gasteiger partial charge in [0.25, 0.3) is 5.91 Å². The summed E-state index contributed by atoms with van der Waals surface area (Å²) in [5, 5.41) is 2.38. The fraction of sp³-hybridized carbons (Fsp3) is 0.375. The minimum absolute atomic E-state index is 0.193. The summed E-state index contributed by atoms with van der Waals surface area (Å²) < 4.78 is 9.94. The van der Waals surface area contributed by atoms with Gasteiger partial charge in [0.05, 0.1) is 13.5 Å². The number of carbonyl (C=O) groups excluding carboxylic acids is 4. The number of hydrazine groups is 1. The first kappa shape index (κ1) is 19.9. The Morgan fingerprint density at radius 1 is 1.16 bits per heavy atom. The second kappa shape index (κ2) is 9.91. The van der Waals surface area contributed by atoms with Crippen LogP contribution in [-0.4, -0.2) is 36.8 Å². The van der Waals surface area contributed by atoms with Gasteiger partial charge in [-0.2, -0.15) is 0 Å². The first-order valence-electron chi connectivity index (χ1n) is 7.56. The van der Waals surface area contributed by atoms with E-state index < -0.39 is 17.7 Å². The minimum Gasteiger partial charge on any atom is -0.469 e. The molecule has 3 amide bonds. The maximum absolute atomic E-state index is 11.6. The molecule has 0 aliphatic rings. The molecule has 1 rings (SSSR count). The average Bonchev–Trinajstić information content (AvgIpc) is 3.02. The molecule has 1 heterocycles. The molecule has 9 nitrogen and oxygen atoms in total. The summed E-state index contributed by atoms with van der Waals surface area (Å²) in [6, 6.07) is 3.12. The highest BCUT2D eigenvalue weighted by Crippen LogP contribution is 2.11. The van der Waals surface area contributed by atoms with Crippen molar-refractivity contribution < 1.29 is 28.3 Å². The predicted molar refractivity (Wildman–Crippen MR) is 87.6 cm³/mol. The number of carbonyl (C=O) groups is 4. The summed E-state index contributed by atoms with van der Waals surface area (Å²) in [4.78, 5) is 45.4. The standard InChI is InChI=1S/C16H21N3O6/c1-10(2)17-15(22)16(23)19-18-13(20)8-6-11-4-5-12(25-11)7-9-14(21)24-3/h4-6,8,10H,7,9H2,1-3H3,(H,17,22)(H,18,20)(H,19,23)/b8-6+. The molecular weight excluding hydrogens is 330 g/mol. The minimum atomic E-state index is -0.974. The Morgan fingerprint density at radius 2 is 1.88 bits per heavy atom. The predicted octanol–water partition coefficient (Wildman–Crippen LogP) is 0.0704. The number of rotatable bonds is 6. The van der Waals surface area contributed by atoms with Crippen molar-refractivity contribution in [1.82, 2.24) is 16.2 Å². The van der Waals surface area contributed by atoms with Gasteiger partial charge in [-0.15, -0.1) is 0 Å². The van der Waals surface area contributed by atoms with Crippen LogP contribution in [0, 0.1) is 0 Å². The van der Waals surface area contributed by atoms with Gasteiger partial charge in [0.2, 0.25) is 0 Å². The molecule has 1 aromatic rings. The molecular formula is C16H21N3O6. The van der Waals surface area contributed by atoms with Crippen LogP contribution in [0.2, 0.25) is 0 Å². The summed E-state index contributed by atoms with van der Waals surface area (Å²) in [6.07, 6.45) is 3.09. The number of amides is 3. The molecule has 0 unspecified atom stereocenters. The second-order valence-electron chi connectivity index (χ2n) is 5.29. The first-order chi connectivity index (χ1) is 11.8. The Morgan fingerprint density at radius 3 is 2.52 bits per heavy atom. The molecule has 0 fully saturated rings. The smallest absolute Gasteiger partial charge is 0.327 e. The number of hydrogen-bond donors (Lipinski definition) is 3. The second-order valence-corrected chi connectivity index (χ2v) is 5.29. The lowest BCUT2D eigenvalue weighted by atomic mass is 10.2. The van der Waals surface area contributed by atoms with E-state index in [0.29, 0.717) is 17.9 Å². The van der Waals surface area contributed by atoms with Crippen LogP contribution in [0.15, 0.2) is 22.6 Å². The van der Waals surface area contributed by atoms with Crippen LogP contribution >= 0.6 is 0 Å². The summed E-state index contributed by atoms with van der Waals surface area (Å²) in [5.41, 5.74) is 4.06. The van der Waals surface area contributed by atoms with E-state index >= 15 is 0 Å².